The summed E-state index contributed by atoms with van der Waals surface area (Å²) in [5.41, 5.74) is 7.85. The number of aldehydes is 1. The number of rotatable bonds is 3. The fourth-order valence-electron chi connectivity index (χ4n) is 2.37. The SMILES string of the molecule is Nc1cc(-c2ccccc2C=O)nc2nc(-c3ccco3)nn12. The monoisotopic (exact) mass is 305 g/mol. The van der Waals surface area contributed by atoms with Crippen LogP contribution in [0.3, 0.4) is 0 Å². The molecule has 2 N–H and O–H groups in total. The highest BCUT2D eigenvalue weighted by atomic mass is 16.3. The molecule has 0 aliphatic rings. The second-order valence-corrected chi connectivity index (χ2v) is 4.90. The van der Waals surface area contributed by atoms with Gasteiger partial charge in [0.15, 0.2) is 12.0 Å². The summed E-state index contributed by atoms with van der Waals surface area (Å²) in [6, 6.07) is 12.3. The van der Waals surface area contributed by atoms with Crippen LogP contribution >= 0.6 is 0 Å². The predicted molar refractivity (Wildman–Crippen MR) is 83.7 cm³/mol. The van der Waals surface area contributed by atoms with Crippen LogP contribution in [0.25, 0.3) is 28.6 Å². The summed E-state index contributed by atoms with van der Waals surface area (Å²) in [5.74, 6) is 1.64. The van der Waals surface area contributed by atoms with Crippen molar-refractivity contribution in [3.05, 3.63) is 54.3 Å². The normalized spacial score (nSPS) is 11.0. The largest absolute Gasteiger partial charge is 0.461 e. The van der Waals surface area contributed by atoms with Gasteiger partial charge in [0.1, 0.15) is 5.82 Å². The number of nitrogens with two attached hydrogens (primary N) is 1. The molecule has 23 heavy (non-hydrogen) atoms. The standard InChI is InChI=1S/C16H11N5O2/c17-14-8-12(11-5-2-1-4-10(11)9-22)18-16-19-15(20-21(14)16)13-6-3-7-23-13/h1-9H,17H2. The molecule has 0 bridgehead atoms. The highest BCUT2D eigenvalue weighted by molar-refractivity contribution is 5.87. The minimum absolute atomic E-state index is 0.340. The van der Waals surface area contributed by atoms with E-state index in [2.05, 4.69) is 15.1 Å². The predicted octanol–water partition coefficient (Wildman–Crippen LogP) is 2.45. The summed E-state index contributed by atoms with van der Waals surface area (Å²) in [6.45, 7) is 0. The molecule has 3 heterocycles. The molecule has 0 fully saturated rings. The minimum Gasteiger partial charge on any atom is -0.461 e. The summed E-state index contributed by atoms with van der Waals surface area (Å²) in [5, 5.41) is 4.29. The lowest BCUT2D eigenvalue weighted by Crippen LogP contribution is -2.02. The Balaban J connectivity index is 1.91. The third-order valence-electron chi connectivity index (χ3n) is 3.44. The fourth-order valence-corrected chi connectivity index (χ4v) is 2.37. The number of nitrogen functional groups attached to an aromatic ring is 1. The van der Waals surface area contributed by atoms with E-state index in [0.717, 1.165) is 6.29 Å². The van der Waals surface area contributed by atoms with Gasteiger partial charge >= 0.3 is 0 Å². The van der Waals surface area contributed by atoms with E-state index in [4.69, 9.17) is 10.2 Å². The van der Waals surface area contributed by atoms with Crippen molar-refractivity contribution < 1.29 is 9.21 Å². The van der Waals surface area contributed by atoms with Crippen LogP contribution in [-0.4, -0.2) is 25.9 Å². The Morgan fingerprint density at radius 1 is 1.13 bits per heavy atom. The van der Waals surface area contributed by atoms with Crippen molar-refractivity contribution >= 4 is 17.9 Å². The van der Waals surface area contributed by atoms with E-state index in [9.17, 15) is 4.79 Å². The molecule has 7 nitrogen and oxygen atoms in total. The summed E-state index contributed by atoms with van der Waals surface area (Å²) in [4.78, 5) is 20.0. The first-order valence-corrected chi connectivity index (χ1v) is 6.88. The van der Waals surface area contributed by atoms with Crippen molar-refractivity contribution in [1.82, 2.24) is 19.6 Å². The van der Waals surface area contributed by atoms with E-state index in [-0.39, 0.29) is 0 Å². The lowest BCUT2D eigenvalue weighted by atomic mass is 10.1. The van der Waals surface area contributed by atoms with Crippen molar-refractivity contribution in [1.29, 1.82) is 0 Å². The van der Waals surface area contributed by atoms with E-state index in [1.54, 1.807) is 36.6 Å². The van der Waals surface area contributed by atoms with Crippen LogP contribution < -0.4 is 5.73 Å². The van der Waals surface area contributed by atoms with Crippen LogP contribution in [0.2, 0.25) is 0 Å². The van der Waals surface area contributed by atoms with Crippen molar-refractivity contribution in [2.75, 3.05) is 5.73 Å². The van der Waals surface area contributed by atoms with E-state index in [1.807, 2.05) is 12.1 Å². The minimum atomic E-state index is 0.340. The van der Waals surface area contributed by atoms with Gasteiger partial charge in [0.25, 0.3) is 5.78 Å². The Hall–Kier alpha value is -3.48. The molecule has 0 spiro atoms. The third kappa shape index (κ3) is 2.15. The van der Waals surface area contributed by atoms with Gasteiger partial charge in [0, 0.05) is 17.2 Å². The van der Waals surface area contributed by atoms with Gasteiger partial charge in [-0.05, 0) is 12.1 Å². The summed E-state index contributed by atoms with van der Waals surface area (Å²) in [6.07, 6.45) is 2.33. The number of benzene rings is 1. The smallest absolute Gasteiger partial charge is 0.255 e. The summed E-state index contributed by atoms with van der Waals surface area (Å²) >= 11 is 0. The molecular weight excluding hydrogens is 294 g/mol. The van der Waals surface area contributed by atoms with Crippen LogP contribution in [-0.2, 0) is 0 Å². The van der Waals surface area contributed by atoms with Gasteiger partial charge in [0.2, 0.25) is 5.82 Å². The lowest BCUT2D eigenvalue weighted by Gasteiger charge is -2.05. The van der Waals surface area contributed by atoms with Gasteiger partial charge in [0.05, 0.1) is 12.0 Å². The Morgan fingerprint density at radius 2 is 2.00 bits per heavy atom. The number of aromatic nitrogens is 4. The first-order chi connectivity index (χ1) is 11.3. The maximum Gasteiger partial charge on any atom is 0.255 e. The average molecular weight is 305 g/mol. The first-order valence-electron chi connectivity index (χ1n) is 6.88. The van der Waals surface area contributed by atoms with Gasteiger partial charge in [-0.3, -0.25) is 4.79 Å². The van der Waals surface area contributed by atoms with E-state index >= 15 is 0 Å². The number of fused-ring (bicyclic) bond motifs is 1. The molecule has 0 saturated heterocycles. The van der Waals surface area contributed by atoms with Crippen LogP contribution in [0.1, 0.15) is 10.4 Å². The molecular formula is C16H11N5O2. The number of hydrogen-bond donors (Lipinski definition) is 1. The van der Waals surface area contributed by atoms with Gasteiger partial charge in [-0.25, -0.2) is 4.98 Å². The molecule has 0 atom stereocenters. The van der Waals surface area contributed by atoms with E-state index in [1.165, 1.54) is 4.52 Å². The molecule has 4 aromatic rings. The maximum atomic E-state index is 11.2. The van der Waals surface area contributed by atoms with Crippen molar-refractivity contribution in [2.24, 2.45) is 0 Å². The zero-order chi connectivity index (χ0) is 15.8. The molecule has 112 valence electrons. The molecule has 7 heteroatoms. The topological polar surface area (TPSA) is 99.3 Å². The van der Waals surface area contributed by atoms with Gasteiger partial charge in [-0.15, -0.1) is 5.10 Å². The molecule has 4 rings (SSSR count). The van der Waals surface area contributed by atoms with Gasteiger partial charge < -0.3 is 10.2 Å². The Kier molecular flexibility index (Phi) is 2.90. The fraction of sp³-hybridized carbons (Fsp3) is 0. The highest BCUT2D eigenvalue weighted by Crippen LogP contribution is 2.24. The number of hydrogen-bond acceptors (Lipinski definition) is 6. The Morgan fingerprint density at radius 3 is 2.78 bits per heavy atom. The van der Waals surface area contributed by atoms with Crippen LogP contribution in [0.5, 0.6) is 0 Å². The van der Waals surface area contributed by atoms with Crippen LogP contribution in [0, 0.1) is 0 Å². The molecule has 0 aliphatic heterocycles. The van der Waals surface area contributed by atoms with Gasteiger partial charge in [-0.2, -0.15) is 9.50 Å². The molecule has 1 aromatic carbocycles. The number of carbonyl (C=O) groups excluding carboxylic acids is 1. The van der Waals surface area contributed by atoms with E-state index < -0.39 is 0 Å². The highest BCUT2D eigenvalue weighted by Gasteiger charge is 2.14. The number of nitrogens with zero attached hydrogens (tertiary/aromatic N) is 4. The van der Waals surface area contributed by atoms with Crippen molar-refractivity contribution in [3.63, 3.8) is 0 Å². The molecule has 3 aromatic heterocycles. The van der Waals surface area contributed by atoms with Crippen molar-refractivity contribution in [3.8, 4) is 22.8 Å². The third-order valence-corrected chi connectivity index (χ3v) is 3.44. The number of carbonyl (C=O) groups is 1. The molecule has 0 saturated carbocycles. The molecule has 0 amide bonds. The Bertz CT molecular complexity index is 1000. The first kappa shape index (κ1) is 13.2. The average Bonchev–Trinajstić information content (AvgIpc) is 3.23. The zero-order valence-corrected chi connectivity index (χ0v) is 11.9. The van der Waals surface area contributed by atoms with E-state index in [0.29, 0.717) is 40.0 Å². The quantitative estimate of drug-likeness (QED) is 0.584. The number of furan rings is 1. The maximum absolute atomic E-state index is 11.2. The summed E-state index contributed by atoms with van der Waals surface area (Å²) in [7, 11) is 0. The van der Waals surface area contributed by atoms with Crippen LogP contribution in [0.4, 0.5) is 5.82 Å². The molecule has 0 unspecified atom stereocenters. The zero-order valence-electron chi connectivity index (χ0n) is 11.9. The van der Waals surface area contributed by atoms with Gasteiger partial charge in [-0.1, -0.05) is 24.3 Å². The lowest BCUT2D eigenvalue weighted by molar-refractivity contribution is 0.112. The second-order valence-electron chi connectivity index (χ2n) is 4.90. The molecule has 0 radical (unpaired) electrons. The molecule has 0 aliphatic carbocycles. The summed E-state index contributed by atoms with van der Waals surface area (Å²) < 4.78 is 6.72. The second kappa shape index (κ2) is 5.06. The van der Waals surface area contributed by atoms with Crippen LogP contribution in [0.15, 0.2) is 53.1 Å². The Labute approximate surface area is 130 Å². The van der Waals surface area contributed by atoms with Crippen molar-refractivity contribution in [2.45, 2.75) is 0 Å². The number of anilines is 1.